The van der Waals surface area contributed by atoms with Crippen molar-refractivity contribution in [1.29, 1.82) is 0 Å². The minimum atomic E-state index is 0.0916. The molecule has 108 valence electrons. The Morgan fingerprint density at radius 1 is 1.30 bits per heavy atom. The number of benzene rings is 1. The van der Waals surface area contributed by atoms with Crippen LogP contribution in [0.5, 0.6) is 0 Å². The molecule has 2 aromatic rings. The fourth-order valence-corrected chi connectivity index (χ4v) is 2.87. The molecule has 3 nitrogen and oxygen atoms in total. The van der Waals surface area contributed by atoms with E-state index in [1.165, 1.54) is 0 Å². The van der Waals surface area contributed by atoms with E-state index in [1.807, 2.05) is 37.6 Å². The van der Waals surface area contributed by atoms with E-state index < -0.39 is 0 Å². The van der Waals surface area contributed by atoms with Crippen LogP contribution in [0.2, 0.25) is 10.0 Å². The van der Waals surface area contributed by atoms with Crippen molar-refractivity contribution in [1.82, 2.24) is 14.9 Å². The van der Waals surface area contributed by atoms with E-state index in [2.05, 4.69) is 21.8 Å². The van der Waals surface area contributed by atoms with Crippen LogP contribution in [0.15, 0.2) is 30.6 Å². The summed E-state index contributed by atoms with van der Waals surface area (Å²) in [5, 5.41) is 4.71. The number of nitrogens with one attached hydrogen (secondary N) is 1. The van der Waals surface area contributed by atoms with Crippen LogP contribution in [0.25, 0.3) is 0 Å². The van der Waals surface area contributed by atoms with Crippen LogP contribution in [0.1, 0.15) is 30.8 Å². The van der Waals surface area contributed by atoms with Gasteiger partial charge in [0.2, 0.25) is 0 Å². The molecule has 5 heteroatoms. The normalized spacial score (nSPS) is 12.6. The fourth-order valence-electron chi connectivity index (χ4n) is 2.31. The monoisotopic (exact) mass is 311 g/mol. The van der Waals surface area contributed by atoms with E-state index in [-0.39, 0.29) is 6.04 Å². The lowest BCUT2D eigenvalue weighted by molar-refractivity contribution is 0.512. The summed E-state index contributed by atoms with van der Waals surface area (Å²) in [4.78, 5) is 4.48. The van der Waals surface area contributed by atoms with Gasteiger partial charge in [-0.15, -0.1) is 0 Å². The van der Waals surface area contributed by atoms with Crippen molar-refractivity contribution in [3.8, 4) is 0 Å². The van der Waals surface area contributed by atoms with Crippen LogP contribution in [-0.4, -0.2) is 16.6 Å². The number of rotatable bonds is 6. The van der Waals surface area contributed by atoms with E-state index in [1.54, 1.807) is 0 Å². The lowest BCUT2D eigenvalue weighted by Gasteiger charge is -2.19. The summed E-state index contributed by atoms with van der Waals surface area (Å²) in [5.41, 5.74) is 0.959. The summed E-state index contributed by atoms with van der Waals surface area (Å²) in [6.07, 6.45) is 5.64. The molecular weight excluding hydrogens is 293 g/mol. The van der Waals surface area contributed by atoms with Crippen LogP contribution in [0.3, 0.4) is 0 Å². The molecule has 1 heterocycles. The second kappa shape index (κ2) is 7.11. The Balaban J connectivity index is 2.27. The van der Waals surface area contributed by atoms with Gasteiger partial charge in [-0.2, -0.15) is 0 Å². The van der Waals surface area contributed by atoms with Gasteiger partial charge in [0, 0.05) is 29.0 Å². The zero-order chi connectivity index (χ0) is 14.5. The highest BCUT2D eigenvalue weighted by Crippen LogP contribution is 2.28. The van der Waals surface area contributed by atoms with Crippen molar-refractivity contribution < 1.29 is 0 Å². The molecule has 0 bridgehead atoms. The molecule has 0 radical (unpaired) electrons. The van der Waals surface area contributed by atoms with Gasteiger partial charge in [-0.3, -0.25) is 0 Å². The highest BCUT2D eigenvalue weighted by atomic mass is 35.5. The van der Waals surface area contributed by atoms with Gasteiger partial charge in [0.05, 0.1) is 6.04 Å². The van der Waals surface area contributed by atoms with Crippen molar-refractivity contribution >= 4 is 23.2 Å². The molecule has 0 aliphatic carbocycles. The third-order valence-electron chi connectivity index (χ3n) is 3.34. The Hall–Kier alpha value is -1.03. The summed E-state index contributed by atoms with van der Waals surface area (Å²) in [7, 11) is 1.93. The van der Waals surface area contributed by atoms with Crippen LogP contribution < -0.4 is 5.32 Å². The zero-order valence-electron chi connectivity index (χ0n) is 11.7. The Bertz CT molecular complexity index is 546. The van der Waals surface area contributed by atoms with E-state index >= 15 is 0 Å². The van der Waals surface area contributed by atoms with Gasteiger partial charge in [-0.05, 0) is 37.6 Å². The topological polar surface area (TPSA) is 29.9 Å². The predicted molar refractivity (Wildman–Crippen MR) is 84.5 cm³/mol. The van der Waals surface area contributed by atoms with Crippen LogP contribution >= 0.6 is 23.2 Å². The maximum atomic E-state index is 6.25. The smallest absolute Gasteiger partial charge is 0.126 e. The highest BCUT2D eigenvalue weighted by molar-refractivity contribution is 6.36. The lowest BCUT2D eigenvalue weighted by atomic mass is 10.1. The number of hydrogen-bond acceptors (Lipinski definition) is 2. The third-order valence-corrected chi connectivity index (χ3v) is 4.05. The molecule has 20 heavy (non-hydrogen) atoms. The van der Waals surface area contributed by atoms with Gasteiger partial charge in [-0.1, -0.05) is 36.2 Å². The van der Waals surface area contributed by atoms with Crippen molar-refractivity contribution in [3.63, 3.8) is 0 Å². The molecular formula is C15H19Cl2N3. The molecule has 1 aromatic carbocycles. The molecule has 0 amide bonds. The standard InChI is InChI=1S/C15H19Cl2N3/c1-3-8-20-9-7-19-15(20)14(18-2)10-11-12(16)5-4-6-13(11)17/h4-7,9,14,18H,3,8,10H2,1-2H3. The van der Waals surface area contributed by atoms with Crippen LogP contribution in [-0.2, 0) is 13.0 Å². The van der Waals surface area contributed by atoms with Gasteiger partial charge < -0.3 is 9.88 Å². The molecule has 0 saturated carbocycles. The summed E-state index contributed by atoms with van der Waals surface area (Å²) in [6.45, 7) is 3.12. The average molecular weight is 312 g/mol. The van der Waals surface area contributed by atoms with E-state index in [9.17, 15) is 0 Å². The Morgan fingerprint density at radius 3 is 2.60 bits per heavy atom. The van der Waals surface area contributed by atoms with E-state index in [0.717, 1.165) is 30.8 Å². The van der Waals surface area contributed by atoms with Gasteiger partial charge in [0.25, 0.3) is 0 Å². The number of imidazole rings is 1. The summed E-state index contributed by atoms with van der Waals surface area (Å²) >= 11 is 12.5. The van der Waals surface area contributed by atoms with Crippen molar-refractivity contribution in [2.75, 3.05) is 7.05 Å². The number of hydrogen-bond donors (Lipinski definition) is 1. The quantitative estimate of drug-likeness (QED) is 0.870. The number of aromatic nitrogens is 2. The zero-order valence-corrected chi connectivity index (χ0v) is 13.2. The van der Waals surface area contributed by atoms with Crippen LogP contribution in [0, 0.1) is 0 Å². The molecule has 1 aromatic heterocycles. The molecule has 0 spiro atoms. The van der Waals surface area contributed by atoms with Gasteiger partial charge in [0.1, 0.15) is 5.82 Å². The second-order valence-corrected chi connectivity index (χ2v) is 5.54. The first kappa shape index (κ1) is 15.4. The Morgan fingerprint density at radius 2 is 2.00 bits per heavy atom. The highest BCUT2D eigenvalue weighted by Gasteiger charge is 2.18. The number of halogens is 2. The second-order valence-electron chi connectivity index (χ2n) is 4.72. The van der Waals surface area contributed by atoms with E-state index in [0.29, 0.717) is 10.0 Å². The predicted octanol–water partition coefficient (Wildman–Crippen LogP) is 4.10. The van der Waals surface area contributed by atoms with Crippen molar-refractivity contribution in [2.24, 2.45) is 0 Å². The summed E-state index contributed by atoms with van der Waals surface area (Å²) in [5.74, 6) is 1.02. The molecule has 0 aliphatic heterocycles. The summed E-state index contributed by atoms with van der Waals surface area (Å²) in [6, 6.07) is 5.69. The van der Waals surface area contributed by atoms with Gasteiger partial charge >= 0.3 is 0 Å². The van der Waals surface area contributed by atoms with Crippen molar-refractivity contribution in [2.45, 2.75) is 32.4 Å². The maximum Gasteiger partial charge on any atom is 0.126 e. The minimum absolute atomic E-state index is 0.0916. The molecule has 1 N–H and O–H groups in total. The van der Waals surface area contributed by atoms with Gasteiger partial charge in [-0.25, -0.2) is 4.98 Å². The fraction of sp³-hybridized carbons (Fsp3) is 0.400. The number of likely N-dealkylation sites (N-methyl/N-ethyl adjacent to an activating group) is 1. The third kappa shape index (κ3) is 3.35. The number of nitrogens with zero attached hydrogens (tertiary/aromatic N) is 2. The lowest BCUT2D eigenvalue weighted by Crippen LogP contribution is -2.23. The van der Waals surface area contributed by atoms with Crippen LogP contribution in [0.4, 0.5) is 0 Å². The largest absolute Gasteiger partial charge is 0.334 e. The summed E-state index contributed by atoms with van der Waals surface area (Å²) < 4.78 is 2.17. The average Bonchev–Trinajstić information content (AvgIpc) is 2.87. The molecule has 1 unspecified atom stereocenters. The molecule has 1 atom stereocenters. The Labute approximate surface area is 129 Å². The number of aryl methyl sites for hydroxylation is 1. The van der Waals surface area contributed by atoms with Crippen molar-refractivity contribution in [3.05, 3.63) is 52.0 Å². The molecule has 0 fully saturated rings. The first-order valence-electron chi connectivity index (χ1n) is 6.78. The molecule has 0 aliphatic rings. The van der Waals surface area contributed by atoms with E-state index in [4.69, 9.17) is 23.2 Å². The first-order chi connectivity index (χ1) is 9.67. The SMILES string of the molecule is CCCn1ccnc1C(Cc1c(Cl)cccc1Cl)NC. The van der Waals surface area contributed by atoms with Gasteiger partial charge in [0.15, 0.2) is 0 Å². The molecule has 2 rings (SSSR count). The minimum Gasteiger partial charge on any atom is -0.334 e. The molecule has 0 saturated heterocycles. The Kier molecular flexibility index (Phi) is 5.46. The maximum absolute atomic E-state index is 6.25. The first-order valence-corrected chi connectivity index (χ1v) is 7.54.